The highest BCUT2D eigenvalue weighted by molar-refractivity contribution is 6.69. The molecule has 3 heteroatoms. The van der Waals surface area contributed by atoms with E-state index in [0.717, 1.165) is 0 Å². The molecule has 0 aliphatic heterocycles. The van der Waals surface area contributed by atoms with Gasteiger partial charge in [0.1, 0.15) is 0 Å². The summed E-state index contributed by atoms with van der Waals surface area (Å²) in [5, 5.41) is 10.4. The van der Waals surface area contributed by atoms with Gasteiger partial charge in [0.25, 0.3) is 0 Å². The van der Waals surface area contributed by atoms with Gasteiger partial charge in [0.15, 0.2) is 8.32 Å². The van der Waals surface area contributed by atoms with Crippen molar-refractivity contribution in [1.82, 2.24) is 0 Å². The molecule has 0 saturated heterocycles. The van der Waals surface area contributed by atoms with Gasteiger partial charge >= 0.3 is 0 Å². The molecule has 0 saturated carbocycles. The third-order valence-electron chi connectivity index (χ3n) is 3.70. The normalized spacial score (nSPS) is 19.5. The molecule has 1 N–H and O–H groups in total. The van der Waals surface area contributed by atoms with Gasteiger partial charge in [-0.15, -0.1) is 0 Å². The summed E-state index contributed by atoms with van der Waals surface area (Å²) in [6.07, 6.45) is 0.336. The predicted molar refractivity (Wildman–Crippen MR) is 82.4 cm³/mol. The van der Waals surface area contributed by atoms with Crippen LogP contribution in [0.5, 0.6) is 0 Å². The molecule has 110 valence electrons. The van der Waals surface area contributed by atoms with Gasteiger partial charge in [0.2, 0.25) is 0 Å². The lowest BCUT2D eigenvalue weighted by Crippen LogP contribution is -2.52. The fourth-order valence-electron chi connectivity index (χ4n) is 1.85. The van der Waals surface area contributed by atoms with Gasteiger partial charge in [-0.25, -0.2) is 0 Å². The Bertz CT molecular complexity index is 268. The number of rotatable bonds is 4. The van der Waals surface area contributed by atoms with Gasteiger partial charge < -0.3 is 9.53 Å². The average Bonchev–Trinajstić information content (AvgIpc) is 1.95. The van der Waals surface area contributed by atoms with Gasteiger partial charge in [-0.2, -0.15) is 0 Å². The summed E-state index contributed by atoms with van der Waals surface area (Å²) < 4.78 is 6.43. The van der Waals surface area contributed by atoms with Crippen LogP contribution >= 0.6 is 0 Å². The molecule has 0 amide bonds. The summed E-state index contributed by atoms with van der Waals surface area (Å²) in [5.41, 5.74) is -0.376. The molecule has 0 radical (unpaired) electrons. The topological polar surface area (TPSA) is 29.5 Å². The van der Waals surface area contributed by atoms with E-state index in [1.807, 2.05) is 0 Å². The third-order valence-corrected chi connectivity index (χ3v) is 4.76. The minimum absolute atomic E-state index is 0.0134. The van der Waals surface area contributed by atoms with Crippen LogP contribution in [0, 0.1) is 10.8 Å². The Hall–Kier alpha value is 0.137. The first kappa shape index (κ1) is 18.1. The van der Waals surface area contributed by atoms with Crippen LogP contribution in [-0.4, -0.2) is 25.1 Å². The van der Waals surface area contributed by atoms with Gasteiger partial charge in [0.05, 0.1) is 11.7 Å². The minimum Gasteiger partial charge on any atom is -0.412 e. The standard InChI is InChI=1S/C15H34O2Si/c1-13(2,3)12(16)11-15(7,14(4,5)6)17-18(8,9)10/h12,16H,11H2,1-10H3. The predicted octanol–water partition coefficient (Wildman–Crippen LogP) is 4.44. The van der Waals surface area contributed by atoms with Crippen molar-refractivity contribution in [2.24, 2.45) is 10.8 Å². The third kappa shape index (κ3) is 5.41. The second-order valence-electron chi connectivity index (χ2n) is 8.78. The molecule has 0 bridgehead atoms. The van der Waals surface area contributed by atoms with Crippen LogP contribution in [0.25, 0.3) is 0 Å². The van der Waals surface area contributed by atoms with Gasteiger partial charge in [-0.1, -0.05) is 41.5 Å². The lowest BCUT2D eigenvalue weighted by atomic mass is 9.71. The molecule has 0 aromatic rings. The molecule has 18 heavy (non-hydrogen) atoms. The van der Waals surface area contributed by atoms with E-state index in [1.165, 1.54) is 0 Å². The maximum atomic E-state index is 10.4. The zero-order valence-corrected chi connectivity index (χ0v) is 15.1. The minimum atomic E-state index is -1.64. The molecule has 2 unspecified atom stereocenters. The highest BCUT2D eigenvalue weighted by atomic mass is 28.4. The highest BCUT2D eigenvalue weighted by Gasteiger charge is 2.44. The Kier molecular flexibility index (Phi) is 5.30. The van der Waals surface area contributed by atoms with Gasteiger partial charge in [0, 0.05) is 6.42 Å². The van der Waals surface area contributed by atoms with E-state index in [-0.39, 0.29) is 22.5 Å². The molecule has 0 aromatic carbocycles. The van der Waals surface area contributed by atoms with Crippen molar-refractivity contribution < 1.29 is 9.53 Å². The molecule has 0 spiro atoms. The van der Waals surface area contributed by atoms with Gasteiger partial charge in [-0.3, -0.25) is 0 Å². The van der Waals surface area contributed by atoms with E-state index >= 15 is 0 Å². The molecule has 2 nitrogen and oxygen atoms in total. The van der Waals surface area contributed by atoms with Crippen molar-refractivity contribution in [2.45, 2.75) is 86.2 Å². The molecular weight excluding hydrogens is 240 g/mol. The molecule has 0 heterocycles. The monoisotopic (exact) mass is 274 g/mol. The second kappa shape index (κ2) is 5.26. The first-order chi connectivity index (χ1) is 7.58. The summed E-state index contributed by atoms with van der Waals surface area (Å²) in [6.45, 7) is 21.6. The fraction of sp³-hybridized carbons (Fsp3) is 1.00. The first-order valence-electron chi connectivity index (χ1n) is 6.97. The molecule has 0 rings (SSSR count). The SMILES string of the molecule is CC(C)(C)C(O)CC(C)(O[Si](C)(C)C)C(C)(C)C. The smallest absolute Gasteiger partial charge is 0.184 e. The summed E-state index contributed by atoms with van der Waals surface area (Å²) in [4.78, 5) is 0. The number of hydrogen-bond donors (Lipinski definition) is 1. The average molecular weight is 275 g/mol. The molecule has 0 aromatic heterocycles. The van der Waals surface area contributed by atoms with E-state index in [4.69, 9.17) is 4.43 Å². The van der Waals surface area contributed by atoms with Crippen LogP contribution in [0.3, 0.4) is 0 Å². The summed E-state index contributed by atoms with van der Waals surface area (Å²) in [6, 6.07) is 0. The summed E-state index contributed by atoms with van der Waals surface area (Å²) in [5.74, 6) is 0. The number of hydrogen-bond acceptors (Lipinski definition) is 2. The Morgan fingerprint density at radius 2 is 1.33 bits per heavy atom. The molecule has 2 atom stereocenters. The van der Waals surface area contributed by atoms with Gasteiger partial charge in [-0.05, 0) is 37.4 Å². The highest BCUT2D eigenvalue weighted by Crippen LogP contribution is 2.41. The van der Waals surface area contributed by atoms with E-state index in [9.17, 15) is 5.11 Å². The summed E-state index contributed by atoms with van der Waals surface area (Å²) >= 11 is 0. The van der Waals surface area contributed by atoms with E-state index in [2.05, 4.69) is 68.1 Å². The molecular formula is C15H34O2Si. The van der Waals surface area contributed by atoms with Crippen molar-refractivity contribution in [1.29, 1.82) is 0 Å². The van der Waals surface area contributed by atoms with Crippen molar-refractivity contribution in [3.63, 3.8) is 0 Å². The van der Waals surface area contributed by atoms with Crippen LogP contribution in [0.4, 0.5) is 0 Å². The van der Waals surface area contributed by atoms with Crippen molar-refractivity contribution >= 4 is 8.32 Å². The Morgan fingerprint density at radius 3 is 1.56 bits per heavy atom. The van der Waals surface area contributed by atoms with Crippen LogP contribution < -0.4 is 0 Å². The first-order valence-corrected chi connectivity index (χ1v) is 10.4. The van der Waals surface area contributed by atoms with E-state index in [0.29, 0.717) is 6.42 Å². The molecule has 0 fully saturated rings. The van der Waals surface area contributed by atoms with Crippen LogP contribution in [0.15, 0.2) is 0 Å². The van der Waals surface area contributed by atoms with Crippen molar-refractivity contribution in [2.75, 3.05) is 0 Å². The molecule has 0 aliphatic carbocycles. The van der Waals surface area contributed by atoms with E-state index < -0.39 is 8.32 Å². The summed E-state index contributed by atoms with van der Waals surface area (Å²) in [7, 11) is -1.64. The van der Waals surface area contributed by atoms with Crippen molar-refractivity contribution in [3.05, 3.63) is 0 Å². The Balaban J connectivity index is 5.15. The van der Waals surface area contributed by atoms with Crippen LogP contribution in [0.2, 0.25) is 19.6 Å². The van der Waals surface area contributed by atoms with Crippen LogP contribution in [-0.2, 0) is 4.43 Å². The Labute approximate surface area is 115 Å². The fourth-order valence-corrected chi connectivity index (χ4v) is 3.59. The van der Waals surface area contributed by atoms with Crippen molar-refractivity contribution in [3.8, 4) is 0 Å². The Morgan fingerprint density at radius 1 is 0.944 bits per heavy atom. The zero-order valence-electron chi connectivity index (χ0n) is 14.1. The zero-order chi connectivity index (χ0) is 15.0. The molecule has 0 aliphatic rings. The lowest BCUT2D eigenvalue weighted by Gasteiger charge is -2.48. The van der Waals surface area contributed by atoms with E-state index in [1.54, 1.807) is 0 Å². The largest absolute Gasteiger partial charge is 0.412 e. The maximum Gasteiger partial charge on any atom is 0.184 e. The quantitative estimate of drug-likeness (QED) is 0.768. The maximum absolute atomic E-state index is 10.4. The van der Waals surface area contributed by atoms with Crippen LogP contribution in [0.1, 0.15) is 54.9 Å². The number of aliphatic hydroxyl groups excluding tert-OH is 1. The number of aliphatic hydroxyl groups is 1. The lowest BCUT2D eigenvalue weighted by molar-refractivity contribution is -0.0808. The second-order valence-corrected chi connectivity index (χ2v) is 13.2.